The first-order valence-corrected chi connectivity index (χ1v) is 13.1. The van der Waals surface area contributed by atoms with Gasteiger partial charge in [0, 0.05) is 18.2 Å². The Hall–Kier alpha value is -4.23. The Kier molecular flexibility index (Phi) is 8.95. The first-order chi connectivity index (χ1) is 19.6. The van der Waals surface area contributed by atoms with Gasteiger partial charge in [-0.25, -0.2) is 9.97 Å². The molecule has 7 heteroatoms. The van der Waals surface area contributed by atoms with E-state index < -0.39 is 12.1 Å². The molecule has 0 amide bonds. The molecule has 0 radical (unpaired) electrons. The summed E-state index contributed by atoms with van der Waals surface area (Å²) in [6, 6.07) is 39.2. The number of hydrogen-bond acceptors (Lipinski definition) is 5. The fraction of sp³-hybridized carbons (Fsp3) is 0.0882. The molecule has 0 unspecified atom stereocenters. The van der Waals surface area contributed by atoms with Gasteiger partial charge in [0.15, 0.2) is 5.65 Å². The molecule has 0 spiro atoms. The van der Waals surface area contributed by atoms with Crippen molar-refractivity contribution in [2.45, 2.75) is 19.1 Å². The van der Waals surface area contributed by atoms with Crippen LogP contribution in [0, 0.1) is 0 Å². The first-order valence-electron chi connectivity index (χ1n) is 13.1. The molecular weight excluding hydrogens is 521 g/mol. The Labute approximate surface area is 260 Å². The van der Waals surface area contributed by atoms with Gasteiger partial charge in [0.05, 0.1) is 12.5 Å². The van der Waals surface area contributed by atoms with Gasteiger partial charge in [0.25, 0.3) is 0 Å². The number of carboxylic acid groups (broad SMARTS) is 1. The van der Waals surface area contributed by atoms with E-state index in [4.69, 9.17) is 9.72 Å². The Morgan fingerprint density at radius 2 is 1.32 bits per heavy atom. The van der Waals surface area contributed by atoms with Crippen molar-refractivity contribution in [1.29, 1.82) is 0 Å². The third-order valence-electron chi connectivity index (χ3n) is 6.82. The van der Waals surface area contributed by atoms with Crippen LogP contribution < -0.4 is 39.4 Å². The number of aliphatic carboxylic acids is 1. The van der Waals surface area contributed by atoms with E-state index in [-0.39, 0.29) is 36.0 Å². The van der Waals surface area contributed by atoms with Gasteiger partial charge in [0.1, 0.15) is 23.2 Å². The van der Waals surface area contributed by atoms with Crippen LogP contribution >= 0.6 is 0 Å². The van der Waals surface area contributed by atoms with E-state index in [0.29, 0.717) is 12.3 Å². The molecule has 1 atom stereocenters. The standard InChI is InChI=1S/C34H27N3O3.Na/c38-34(39)31(22-24-8-3-1-4-9-24)40-29-19-17-27(18-20-29)26-13-15-28(16-14-26)32-36-30-12-7-21-35-33(30)37(32)23-25-10-5-2-6-11-25;/h1-21,31H,22-23H2,(H,38,39);/q;+1/p-1/t31-;/m1./s1. The summed E-state index contributed by atoms with van der Waals surface area (Å²) in [5.74, 6) is 0.101. The number of hydrogen-bond donors (Lipinski definition) is 0. The molecule has 2 heterocycles. The van der Waals surface area contributed by atoms with Gasteiger partial charge < -0.3 is 19.2 Å². The molecule has 0 saturated heterocycles. The number of ether oxygens (including phenoxy) is 1. The number of pyridine rings is 1. The minimum Gasteiger partial charge on any atom is -0.546 e. The van der Waals surface area contributed by atoms with E-state index in [0.717, 1.165) is 39.2 Å². The maximum Gasteiger partial charge on any atom is 1.00 e. The molecular formula is C34H26N3NaO3. The van der Waals surface area contributed by atoms with E-state index >= 15 is 0 Å². The third-order valence-corrected chi connectivity index (χ3v) is 6.82. The van der Waals surface area contributed by atoms with Crippen LogP contribution in [0.3, 0.4) is 0 Å². The van der Waals surface area contributed by atoms with Crippen LogP contribution in [0.1, 0.15) is 11.1 Å². The summed E-state index contributed by atoms with van der Waals surface area (Å²) >= 11 is 0. The Balaban J connectivity index is 0.00000337. The largest absolute Gasteiger partial charge is 1.00 e. The maximum absolute atomic E-state index is 11.7. The van der Waals surface area contributed by atoms with Gasteiger partial charge in [-0.15, -0.1) is 0 Å². The van der Waals surface area contributed by atoms with Crippen LogP contribution in [0.15, 0.2) is 128 Å². The number of aromatic nitrogens is 3. The molecule has 0 bridgehead atoms. The third kappa shape index (κ3) is 6.57. The van der Waals surface area contributed by atoms with Crippen molar-refractivity contribution in [3.8, 4) is 28.3 Å². The van der Waals surface area contributed by atoms with E-state index in [1.54, 1.807) is 18.3 Å². The predicted molar refractivity (Wildman–Crippen MR) is 154 cm³/mol. The van der Waals surface area contributed by atoms with Crippen LogP contribution in [-0.4, -0.2) is 26.6 Å². The van der Waals surface area contributed by atoms with Crippen LogP contribution in [-0.2, 0) is 17.8 Å². The molecule has 0 fully saturated rings. The van der Waals surface area contributed by atoms with E-state index in [9.17, 15) is 9.90 Å². The summed E-state index contributed by atoms with van der Waals surface area (Å²) < 4.78 is 7.91. The monoisotopic (exact) mass is 547 g/mol. The Bertz CT molecular complexity index is 1740. The number of nitrogens with zero attached hydrogens (tertiary/aromatic N) is 3. The summed E-state index contributed by atoms with van der Waals surface area (Å²) in [5.41, 5.74) is 6.78. The number of carboxylic acids is 1. The summed E-state index contributed by atoms with van der Waals surface area (Å²) in [6.45, 7) is 0.671. The Morgan fingerprint density at radius 1 is 0.732 bits per heavy atom. The number of fused-ring (bicyclic) bond motifs is 1. The fourth-order valence-electron chi connectivity index (χ4n) is 4.80. The zero-order chi connectivity index (χ0) is 27.3. The molecule has 196 valence electrons. The van der Waals surface area contributed by atoms with Crippen LogP contribution in [0.25, 0.3) is 33.7 Å². The predicted octanol–water partition coefficient (Wildman–Crippen LogP) is 2.56. The van der Waals surface area contributed by atoms with Crippen molar-refractivity contribution < 1.29 is 44.2 Å². The molecule has 6 nitrogen and oxygen atoms in total. The number of carbonyl (C=O) groups is 1. The molecule has 6 aromatic rings. The second-order valence-corrected chi connectivity index (χ2v) is 9.57. The first kappa shape index (κ1) is 28.3. The number of imidazole rings is 1. The van der Waals surface area contributed by atoms with Crippen molar-refractivity contribution in [3.05, 3.63) is 139 Å². The van der Waals surface area contributed by atoms with Crippen molar-refractivity contribution in [1.82, 2.24) is 14.5 Å². The molecule has 0 aliphatic rings. The second-order valence-electron chi connectivity index (χ2n) is 9.57. The summed E-state index contributed by atoms with van der Waals surface area (Å²) in [7, 11) is 0. The summed E-state index contributed by atoms with van der Waals surface area (Å²) in [4.78, 5) is 21.2. The number of benzene rings is 4. The van der Waals surface area contributed by atoms with Gasteiger partial charge in [0.2, 0.25) is 0 Å². The van der Waals surface area contributed by atoms with Gasteiger partial charge in [-0.3, -0.25) is 0 Å². The normalized spacial score (nSPS) is 11.5. The molecule has 41 heavy (non-hydrogen) atoms. The van der Waals surface area contributed by atoms with E-state index in [1.165, 1.54) is 5.56 Å². The molecule has 0 aliphatic heterocycles. The fourth-order valence-corrected chi connectivity index (χ4v) is 4.80. The topological polar surface area (TPSA) is 80.1 Å². The summed E-state index contributed by atoms with van der Waals surface area (Å²) in [5, 5.41) is 11.7. The second kappa shape index (κ2) is 13.0. The average Bonchev–Trinajstić information content (AvgIpc) is 3.36. The molecule has 4 aromatic carbocycles. The minimum absolute atomic E-state index is 0. The zero-order valence-corrected chi connectivity index (χ0v) is 24.7. The summed E-state index contributed by atoms with van der Waals surface area (Å²) in [6.07, 6.45) is 0.955. The van der Waals surface area contributed by atoms with Crippen molar-refractivity contribution in [2.24, 2.45) is 0 Å². The molecule has 0 saturated carbocycles. The number of rotatable bonds is 9. The van der Waals surface area contributed by atoms with Gasteiger partial charge in [-0.1, -0.05) is 97.1 Å². The maximum atomic E-state index is 11.7. The smallest absolute Gasteiger partial charge is 0.546 e. The zero-order valence-electron chi connectivity index (χ0n) is 22.7. The molecule has 0 aliphatic carbocycles. The van der Waals surface area contributed by atoms with Crippen molar-refractivity contribution in [3.63, 3.8) is 0 Å². The molecule has 2 aromatic heterocycles. The van der Waals surface area contributed by atoms with Crippen molar-refractivity contribution in [2.75, 3.05) is 0 Å². The van der Waals surface area contributed by atoms with Gasteiger partial charge in [-0.05, 0) is 46.5 Å². The number of carbonyl (C=O) groups excluding carboxylic acids is 1. The quantitative estimate of drug-likeness (QED) is 0.260. The van der Waals surface area contributed by atoms with Crippen LogP contribution in [0.5, 0.6) is 5.75 Å². The van der Waals surface area contributed by atoms with Crippen LogP contribution in [0.2, 0.25) is 0 Å². The van der Waals surface area contributed by atoms with Gasteiger partial charge in [-0.2, -0.15) is 0 Å². The van der Waals surface area contributed by atoms with Crippen molar-refractivity contribution >= 4 is 17.1 Å². The molecule has 0 N–H and O–H groups in total. The van der Waals surface area contributed by atoms with E-state index in [1.807, 2.05) is 72.8 Å². The molecule has 6 rings (SSSR count). The minimum atomic E-state index is -1.24. The SMILES string of the molecule is O=C([O-])[C@@H](Cc1ccccc1)Oc1ccc(-c2ccc(-c3nc4cccnc4n3Cc3ccccc3)cc2)cc1.[Na+]. The van der Waals surface area contributed by atoms with Crippen LogP contribution in [0.4, 0.5) is 0 Å². The average molecular weight is 548 g/mol. The van der Waals surface area contributed by atoms with Gasteiger partial charge >= 0.3 is 29.6 Å². The Morgan fingerprint density at radius 3 is 1.95 bits per heavy atom. The van der Waals surface area contributed by atoms with E-state index in [2.05, 4.69) is 45.9 Å².